The molecule has 1 aromatic carbocycles. The number of hydrogen-bond donors (Lipinski definition) is 1. The smallest absolute Gasteiger partial charge is 0.328 e. The van der Waals surface area contributed by atoms with Gasteiger partial charge in [-0.3, -0.25) is 14.6 Å². The van der Waals surface area contributed by atoms with E-state index >= 15 is 0 Å². The number of carbonyl (C=O) groups is 2. The molecule has 35 heavy (non-hydrogen) atoms. The number of unbranched alkanes of at least 4 members (excludes halogenated alkanes) is 2. The average molecular weight is 482 g/mol. The van der Waals surface area contributed by atoms with E-state index in [1.165, 1.54) is 11.9 Å². The summed E-state index contributed by atoms with van der Waals surface area (Å²) in [5.41, 5.74) is 2.01. The summed E-state index contributed by atoms with van der Waals surface area (Å²) in [7, 11) is 3.24. The third-order valence-corrected chi connectivity index (χ3v) is 7.57. The molecule has 5 rings (SSSR count). The minimum absolute atomic E-state index is 0.203. The predicted octanol–water partition coefficient (Wildman–Crippen LogP) is 1.75. The van der Waals surface area contributed by atoms with E-state index in [0.29, 0.717) is 5.75 Å². The third kappa shape index (κ3) is 4.20. The highest BCUT2D eigenvalue weighted by atomic mass is 16.3. The molecule has 0 radical (unpaired) electrons. The molecular weight excluding hydrogens is 446 g/mol. The maximum absolute atomic E-state index is 12.8. The Labute approximate surface area is 206 Å². The zero-order valence-electron chi connectivity index (χ0n) is 20.8. The van der Waals surface area contributed by atoms with E-state index in [1.807, 2.05) is 36.2 Å². The summed E-state index contributed by atoms with van der Waals surface area (Å²) in [4.78, 5) is 41.5. The Hall–Kier alpha value is -3.27. The van der Waals surface area contributed by atoms with Gasteiger partial charge in [-0.15, -0.1) is 0 Å². The van der Waals surface area contributed by atoms with E-state index in [-0.39, 0.29) is 11.9 Å². The van der Waals surface area contributed by atoms with Gasteiger partial charge < -0.3 is 24.7 Å². The number of rotatable bonds is 7. The van der Waals surface area contributed by atoms with Crippen molar-refractivity contribution in [1.29, 1.82) is 0 Å². The van der Waals surface area contributed by atoms with Crippen LogP contribution in [0.2, 0.25) is 0 Å². The Morgan fingerprint density at radius 1 is 1.00 bits per heavy atom. The summed E-state index contributed by atoms with van der Waals surface area (Å²) in [6.45, 7) is 7.84. The number of aromatic hydroxyl groups is 1. The number of benzene rings is 1. The first kappa shape index (κ1) is 23.5. The number of phenolic OH excluding ortho intramolecular Hbond substituents is 1. The van der Waals surface area contributed by atoms with Crippen LogP contribution >= 0.6 is 0 Å². The van der Waals surface area contributed by atoms with Crippen LogP contribution < -0.4 is 4.90 Å². The Kier molecular flexibility index (Phi) is 6.31. The molecule has 1 aromatic rings. The molecule has 2 atom stereocenters. The quantitative estimate of drug-likeness (QED) is 0.594. The summed E-state index contributed by atoms with van der Waals surface area (Å²) < 4.78 is 0. The van der Waals surface area contributed by atoms with Crippen molar-refractivity contribution >= 4 is 23.6 Å². The Morgan fingerprint density at radius 3 is 2.46 bits per heavy atom. The number of fused-ring (bicyclic) bond motifs is 3. The maximum Gasteiger partial charge on any atom is 0.328 e. The normalized spacial score (nSPS) is 24.7. The first-order chi connectivity index (χ1) is 16.9. The van der Waals surface area contributed by atoms with Crippen molar-refractivity contribution < 1.29 is 14.7 Å². The molecule has 4 aliphatic rings. The lowest BCUT2D eigenvalue weighted by Gasteiger charge is -2.38. The molecule has 10 nitrogen and oxygen atoms in total. The second-order valence-electron chi connectivity index (χ2n) is 9.79. The molecule has 0 saturated carbocycles. The first-order valence-electron chi connectivity index (χ1n) is 12.5. The molecule has 0 aliphatic carbocycles. The fourth-order valence-corrected chi connectivity index (χ4v) is 5.49. The van der Waals surface area contributed by atoms with Crippen LogP contribution in [0.3, 0.4) is 0 Å². The number of hydrogen-bond acceptors (Lipinski definition) is 8. The molecule has 4 heterocycles. The number of aliphatic imine (C=N–C) groups is 1. The van der Waals surface area contributed by atoms with Crippen LogP contribution in [-0.4, -0.2) is 113 Å². The number of likely N-dealkylation sites (N-methyl/N-ethyl adjacent to an activating group) is 2. The summed E-state index contributed by atoms with van der Waals surface area (Å²) in [6, 6.07) is 6.77. The van der Waals surface area contributed by atoms with E-state index in [2.05, 4.69) is 14.7 Å². The van der Waals surface area contributed by atoms with Crippen molar-refractivity contribution in [3.05, 3.63) is 36.2 Å². The van der Waals surface area contributed by atoms with Crippen molar-refractivity contribution in [2.24, 2.45) is 4.99 Å². The average Bonchev–Trinajstić information content (AvgIpc) is 3.37. The Bertz CT molecular complexity index is 1050. The molecule has 0 aromatic heterocycles. The zero-order valence-corrected chi connectivity index (χ0v) is 20.8. The van der Waals surface area contributed by atoms with Crippen LogP contribution in [0.5, 0.6) is 5.75 Å². The molecule has 1 N–H and O–H groups in total. The van der Waals surface area contributed by atoms with Crippen LogP contribution in [0.25, 0.3) is 0 Å². The van der Waals surface area contributed by atoms with Gasteiger partial charge in [0.1, 0.15) is 5.75 Å². The monoisotopic (exact) mass is 481 g/mol. The highest BCUT2D eigenvalue weighted by molar-refractivity contribution is 6.04. The summed E-state index contributed by atoms with van der Waals surface area (Å²) in [5, 5.41) is 10.1. The molecule has 0 spiro atoms. The van der Waals surface area contributed by atoms with E-state index in [0.717, 1.165) is 75.9 Å². The number of urea groups is 1. The van der Waals surface area contributed by atoms with Crippen LogP contribution in [0.1, 0.15) is 26.2 Å². The minimum atomic E-state index is -0.478. The maximum atomic E-state index is 12.8. The standard InChI is InChI=1S/C25H35N7O3/c1-18-17-32-21-22(27(2)25(35)28(3)23(21)34)26-24(32)31(18)12-8-4-7-11-29-13-15-30(16-14-29)19-9-5-6-10-20(19)33/h5-6,9-10,17,21-22,33H,4,7-8,11-16H2,1-3H3. The Morgan fingerprint density at radius 2 is 1.71 bits per heavy atom. The number of carbonyl (C=O) groups excluding carboxylic acids is 2. The largest absolute Gasteiger partial charge is 0.506 e. The molecular formula is C25H35N7O3. The first-order valence-corrected chi connectivity index (χ1v) is 12.5. The molecule has 2 saturated heterocycles. The number of allylic oxidation sites excluding steroid dienone is 1. The fourth-order valence-electron chi connectivity index (χ4n) is 5.49. The number of imide groups is 1. The molecule has 4 aliphatic heterocycles. The van der Waals surface area contributed by atoms with Crippen molar-refractivity contribution in [1.82, 2.24) is 24.5 Å². The molecule has 10 heteroatoms. The second kappa shape index (κ2) is 9.41. The van der Waals surface area contributed by atoms with Gasteiger partial charge in [0.2, 0.25) is 5.96 Å². The predicted molar refractivity (Wildman–Crippen MR) is 134 cm³/mol. The van der Waals surface area contributed by atoms with Crippen LogP contribution in [0.15, 0.2) is 41.2 Å². The van der Waals surface area contributed by atoms with E-state index < -0.39 is 12.2 Å². The lowest BCUT2D eigenvalue weighted by Crippen LogP contribution is -2.63. The lowest BCUT2D eigenvalue weighted by molar-refractivity contribution is -0.135. The van der Waals surface area contributed by atoms with Gasteiger partial charge in [0, 0.05) is 58.7 Å². The van der Waals surface area contributed by atoms with Crippen molar-refractivity contribution in [3.63, 3.8) is 0 Å². The summed E-state index contributed by atoms with van der Waals surface area (Å²) in [6.07, 6.45) is 4.81. The number of para-hydroxylation sites is 2. The number of guanidine groups is 1. The van der Waals surface area contributed by atoms with E-state index in [9.17, 15) is 14.7 Å². The van der Waals surface area contributed by atoms with E-state index in [1.54, 1.807) is 18.0 Å². The number of anilines is 1. The van der Waals surface area contributed by atoms with Gasteiger partial charge in [0.15, 0.2) is 12.2 Å². The van der Waals surface area contributed by atoms with Crippen molar-refractivity contribution in [3.8, 4) is 5.75 Å². The van der Waals surface area contributed by atoms with Gasteiger partial charge >= 0.3 is 6.03 Å². The zero-order chi connectivity index (χ0) is 24.7. The van der Waals surface area contributed by atoms with Crippen molar-refractivity contribution in [2.75, 3.05) is 58.3 Å². The Balaban J connectivity index is 1.07. The summed E-state index contributed by atoms with van der Waals surface area (Å²) >= 11 is 0. The van der Waals surface area contributed by atoms with Gasteiger partial charge in [0.25, 0.3) is 5.91 Å². The molecule has 188 valence electrons. The SMILES string of the molecule is CC1=CN2C(=NC3C2C(=O)N(C)C(=O)N3C)N1CCCCCN1CCN(c2ccccc2O)CC1. The van der Waals surface area contributed by atoms with Crippen LogP contribution in [-0.2, 0) is 4.79 Å². The van der Waals surface area contributed by atoms with Crippen LogP contribution in [0.4, 0.5) is 10.5 Å². The van der Waals surface area contributed by atoms with Gasteiger partial charge in [-0.25, -0.2) is 9.79 Å². The van der Waals surface area contributed by atoms with Gasteiger partial charge in [0.05, 0.1) is 5.69 Å². The van der Waals surface area contributed by atoms with Gasteiger partial charge in [-0.05, 0) is 38.4 Å². The highest BCUT2D eigenvalue weighted by Gasteiger charge is 2.53. The fraction of sp³-hybridized carbons (Fsp3) is 0.560. The highest BCUT2D eigenvalue weighted by Crippen LogP contribution is 2.33. The number of piperazine rings is 1. The van der Waals surface area contributed by atoms with E-state index in [4.69, 9.17) is 4.99 Å². The third-order valence-electron chi connectivity index (χ3n) is 7.57. The number of amides is 3. The topological polar surface area (TPSA) is 86.2 Å². The summed E-state index contributed by atoms with van der Waals surface area (Å²) in [5.74, 6) is 0.929. The number of nitrogens with zero attached hydrogens (tertiary/aromatic N) is 7. The minimum Gasteiger partial charge on any atom is -0.506 e. The van der Waals surface area contributed by atoms with Crippen LogP contribution in [0, 0.1) is 0 Å². The number of phenols is 1. The van der Waals surface area contributed by atoms with Gasteiger partial charge in [-0.1, -0.05) is 18.6 Å². The molecule has 3 amide bonds. The van der Waals surface area contributed by atoms with Gasteiger partial charge in [-0.2, -0.15) is 0 Å². The molecule has 2 unspecified atom stereocenters. The lowest BCUT2D eigenvalue weighted by atomic mass is 10.1. The molecule has 0 bridgehead atoms. The second-order valence-corrected chi connectivity index (χ2v) is 9.79. The molecule has 2 fully saturated rings. The van der Waals surface area contributed by atoms with Crippen molar-refractivity contribution in [2.45, 2.75) is 38.4 Å².